The molecule has 0 aliphatic rings. The fourth-order valence-corrected chi connectivity index (χ4v) is 1.78. The lowest BCUT2D eigenvalue weighted by Gasteiger charge is -2.14. The van der Waals surface area contributed by atoms with Crippen LogP contribution in [0.4, 0.5) is 0 Å². The van der Waals surface area contributed by atoms with Crippen LogP contribution < -0.4 is 0 Å². The van der Waals surface area contributed by atoms with E-state index in [9.17, 15) is 9.90 Å². The van der Waals surface area contributed by atoms with E-state index in [-0.39, 0.29) is 11.7 Å². The van der Waals surface area contributed by atoms with Crippen molar-refractivity contribution in [2.45, 2.75) is 20.0 Å². The van der Waals surface area contributed by atoms with Gasteiger partial charge in [0.2, 0.25) is 0 Å². The van der Waals surface area contributed by atoms with E-state index >= 15 is 0 Å². The number of carbonyl (C=O) groups excluding carboxylic acids is 1. The van der Waals surface area contributed by atoms with Crippen molar-refractivity contribution < 1.29 is 9.90 Å². The SMILES string of the molecule is CC(C)C(O)C(=O)c1cccc2ncccc12. The fourth-order valence-electron chi connectivity index (χ4n) is 1.78. The zero-order chi connectivity index (χ0) is 12.4. The summed E-state index contributed by atoms with van der Waals surface area (Å²) in [4.78, 5) is 16.3. The van der Waals surface area contributed by atoms with E-state index in [0.717, 1.165) is 10.9 Å². The van der Waals surface area contributed by atoms with E-state index in [1.807, 2.05) is 26.0 Å². The molecule has 2 rings (SSSR count). The first-order valence-electron chi connectivity index (χ1n) is 5.67. The van der Waals surface area contributed by atoms with Gasteiger partial charge in [-0.25, -0.2) is 0 Å². The first kappa shape index (κ1) is 11.7. The summed E-state index contributed by atoms with van der Waals surface area (Å²) in [5, 5.41) is 10.6. The van der Waals surface area contributed by atoms with E-state index in [0.29, 0.717) is 5.56 Å². The van der Waals surface area contributed by atoms with Crippen molar-refractivity contribution in [1.82, 2.24) is 4.98 Å². The predicted octanol–water partition coefficient (Wildman–Crippen LogP) is 2.43. The molecular formula is C14H15NO2. The van der Waals surface area contributed by atoms with E-state index in [1.54, 1.807) is 24.4 Å². The molecule has 0 saturated carbocycles. The van der Waals surface area contributed by atoms with Crippen LogP contribution in [0.15, 0.2) is 36.5 Å². The molecule has 0 aliphatic heterocycles. The third-order valence-corrected chi connectivity index (χ3v) is 2.81. The second-order valence-corrected chi connectivity index (χ2v) is 4.43. The van der Waals surface area contributed by atoms with Gasteiger partial charge in [-0.05, 0) is 18.1 Å². The summed E-state index contributed by atoms with van der Waals surface area (Å²) in [6, 6.07) is 9.02. The van der Waals surface area contributed by atoms with Gasteiger partial charge in [0.25, 0.3) is 0 Å². The molecule has 1 atom stereocenters. The Balaban J connectivity index is 2.52. The molecule has 0 bridgehead atoms. The molecule has 3 heteroatoms. The number of pyridine rings is 1. The minimum Gasteiger partial charge on any atom is -0.385 e. The maximum Gasteiger partial charge on any atom is 0.192 e. The molecular weight excluding hydrogens is 214 g/mol. The van der Waals surface area contributed by atoms with Crippen LogP contribution in [0, 0.1) is 5.92 Å². The molecule has 0 saturated heterocycles. The molecule has 0 radical (unpaired) electrons. The predicted molar refractivity (Wildman–Crippen MR) is 66.9 cm³/mol. The van der Waals surface area contributed by atoms with Gasteiger partial charge >= 0.3 is 0 Å². The summed E-state index contributed by atoms with van der Waals surface area (Å²) in [5.41, 5.74) is 1.31. The summed E-state index contributed by atoms with van der Waals surface area (Å²) in [5.74, 6) is -0.326. The average Bonchev–Trinajstić information content (AvgIpc) is 2.36. The Labute approximate surface area is 100 Å². The minimum absolute atomic E-state index is 0.0885. The summed E-state index contributed by atoms with van der Waals surface area (Å²) in [7, 11) is 0. The molecule has 0 fully saturated rings. The van der Waals surface area contributed by atoms with Gasteiger partial charge in [0.05, 0.1) is 5.52 Å². The Kier molecular flexibility index (Phi) is 3.20. The fraction of sp³-hybridized carbons (Fsp3) is 0.286. The number of aliphatic hydroxyl groups excluding tert-OH is 1. The lowest BCUT2D eigenvalue weighted by Crippen LogP contribution is -2.26. The Morgan fingerprint density at radius 2 is 2.00 bits per heavy atom. The van der Waals surface area contributed by atoms with Crippen LogP contribution in [0.25, 0.3) is 10.9 Å². The van der Waals surface area contributed by atoms with Crippen molar-refractivity contribution in [1.29, 1.82) is 0 Å². The minimum atomic E-state index is -0.958. The number of aliphatic hydroxyl groups is 1. The Morgan fingerprint density at radius 3 is 2.71 bits per heavy atom. The molecule has 0 amide bonds. The molecule has 1 unspecified atom stereocenters. The number of benzene rings is 1. The van der Waals surface area contributed by atoms with Gasteiger partial charge in [-0.3, -0.25) is 9.78 Å². The maximum absolute atomic E-state index is 12.1. The lowest BCUT2D eigenvalue weighted by atomic mass is 9.95. The van der Waals surface area contributed by atoms with Gasteiger partial charge in [0.1, 0.15) is 6.10 Å². The number of nitrogens with zero attached hydrogens (tertiary/aromatic N) is 1. The Bertz CT molecular complexity index is 543. The van der Waals surface area contributed by atoms with Crippen LogP contribution in [-0.2, 0) is 0 Å². The molecule has 2 aromatic rings. The highest BCUT2D eigenvalue weighted by Crippen LogP contribution is 2.19. The van der Waals surface area contributed by atoms with Crippen molar-refractivity contribution in [3.63, 3.8) is 0 Å². The van der Waals surface area contributed by atoms with Crippen LogP contribution in [0.2, 0.25) is 0 Å². The zero-order valence-corrected chi connectivity index (χ0v) is 9.92. The summed E-state index contributed by atoms with van der Waals surface area (Å²) >= 11 is 0. The second kappa shape index (κ2) is 4.63. The molecule has 0 aliphatic carbocycles. The zero-order valence-electron chi connectivity index (χ0n) is 9.92. The van der Waals surface area contributed by atoms with Crippen molar-refractivity contribution in [3.8, 4) is 0 Å². The number of hydrogen-bond acceptors (Lipinski definition) is 3. The highest BCUT2D eigenvalue weighted by molar-refractivity contribution is 6.09. The molecule has 1 N–H and O–H groups in total. The molecule has 1 aromatic heterocycles. The lowest BCUT2D eigenvalue weighted by molar-refractivity contribution is 0.0649. The smallest absolute Gasteiger partial charge is 0.192 e. The van der Waals surface area contributed by atoms with Crippen LogP contribution in [-0.4, -0.2) is 22.0 Å². The summed E-state index contributed by atoms with van der Waals surface area (Å²) in [6.07, 6.45) is 0.732. The van der Waals surface area contributed by atoms with Crippen LogP contribution in [0.3, 0.4) is 0 Å². The highest BCUT2D eigenvalue weighted by atomic mass is 16.3. The molecule has 3 nitrogen and oxygen atoms in total. The van der Waals surface area contributed by atoms with Gasteiger partial charge in [-0.1, -0.05) is 32.0 Å². The van der Waals surface area contributed by atoms with Crippen molar-refractivity contribution in [3.05, 3.63) is 42.1 Å². The highest BCUT2D eigenvalue weighted by Gasteiger charge is 2.21. The monoisotopic (exact) mass is 229 g/mol. The van der Waals surface area contributed by atoms with E-state index in [2.05, 4.69) is 4.98 Å². The standard InChI is InChI=1S/C14H15NO2/c1-9(2)13(16)14(17)11-5-3-7-12-10(11)6-4-8-15-12/h3-9,13,16H,1-2H3. The van der Waals surface area contributed by atoms with Gasteiger partial charge in [0, 0.05) is 17.1 Å². The topological polar surface area (TPSA) is 50.2 Å². The summed E-state index contributed by atoms with van der Waals surface area (Å²) < 4.78 is 0. The number of fused-ring (bicyclic) bond motifs is 1. The van der Waals surface area contributed by atoms with E-state index < -0.39 is 6.10 Å². The van der Waals surface area contributed by atoms with Gasteiger partial charge in [-0.15, -0.1) is 0 Å². The quantitative estimate of drug-likeness (QED) is 0.822. The third-order valence-electron chi connectivity index (χ3n) is 2.81. The normalized spacial score (nSPS) is 12.9. The van der Waals surface area contributed by atoms with Crippen molar-refractivity contribution in [2.24, 2.45) is 5.92 Å². The van der Waals surface area contributed by atoms with Crippen LogP contribution in [0.5, 0.6) is 0 Å². The Morgan fingerprint density at radius 1 is 1.24 bits per heavy atom. The Hall–Kier alpha value is -1.74. The molecule has 0 spiro atoms. The first-order valence-corrected chi connectivity index (χ1v) is 5.67. The number of carbonyl (C=O) groups is 1. The number of hydrogen-bond donors (Lipinski definition) is 1. The molecule has 17 heavy (non-hydrogen) atoms. The molecule has 1 heterocycles. The number of rotatable bonds is 3. The largest absolute Gasteiger partial charge is 0.385 e. The second-order valence-electron chi connectivity index (χ2n) is 4.43. The van der Waals surface area contributed by atoms with Gasteiger partial charge in [0.15, 0.2) is 5.78 Å². The molecule has 88 valence electrons. The van der Waals surface area contributed by atoms with Crippen molar-refractivity contribution in [2.75, 3.05) is 0 Å². The van der Waals surface area contributed by atoms with Crippen LogP contribution in [0.1, 0.15) is 24.2 Å². The number of aromatic nitrogens is 1. The van der Waals surface area contributed by atoms with E-state index in [1.165, 1.54) is 0 Å². The number of ketones is 1. The number of Topliss-reactive ketones (excluding diaryl/α,β-unsaturated/α-hetero) is 1. The maximum atomic E-state index is 12.1. The van der Waals surface area contributed by atoms with Crippen LogP contribution >= 0.6 is 0 Å². The average molecular weight is 229 g/mol. The van der Waals surface area contributed by atoms with E-state index in [4.69, 9.17) is 0 Å². The van der Waals surface area contributed by atoms with Gasteiger partial charge < -0.3 is 5.11 Å². The first-order chi connectivity index (χ1) is 8.11. The summed E-state index contributed by atoms with van der Waals surface area (Å²) in [6.45, 7) is 3.65. The molecule has 1 aromatic carbocycles. The van der Waals surface area contributed by atoms with Crippen molar-refractivity contribution >= 4 is 16.7 Å². The third kappa shape index (κ3) is 2.19. The van der Waals surface area contributed by atoms with Gasteiger partial charge in [-0.2, -0.15) is 0 Å².